The highest BCUT2D eigenvalue weighted by Crippen LogP contribution is 2.18. The van der Waals surface area contributed by atoms with Crippen molar-refractivity contribution in [2.24, 2.45) is 10.1 Å². The third-order valence-electron chi connectivity index (χ3n) is 3.22. The molecule has 2 heterocycles. The topological polar surface area (TPSA) is 79.9 Å². The van der Waals surface area contributed by atoms with E-state index in [1.165, 1.54) is 10.9 Å². The van der Waals surface area contributed by atoms with Crippen molar-refractivity contribution < 1.29 is 4.92 Å². The van der Waals surface area contributed by atoms with E-state index >= 15 is 0 Å². The smallest absolute Gasteiger partial charge is 0.261 e. The summed E-state index contributed by atoms with van der Waals surface area (Å²) >= 11 is 3.29. The lowest BCUT2D eigenvalue weighted by molar-refractivity contribution is -0.384. The minimum absolute atomic E-state index is 0.0746. The number of nitrogens with zero attached hydrogens (tertiary/aromatic N) is 3. The molecule has 0 radical (unpaired) electrons. The quantitative estimate of drug-likeness (QED) is 0.665. The van der Waals surface area contributed by atoms with E-state index in [1.807, 2.05) is 12.1 Å². The van der Waals surface area contributed by atoms with E-state index in [0.29, 0.717) is 5.75 Å². The van der Waals surface area contributed by atoms with E-state index < -0.39 is 4.92 Å². The highest BCUT2D eigenvalue weighted by molar-refractivity contribution is 8.14. The number of nitrogens with one attached hydrogen (secondary N) is 1. The van der Waals surface area contributed by atoms with Crippen LogP contribution < -0.4 is 5.43 Å². The summed E-state index contributed by atoms with van der Waals surface area (Å²) in [6.07, 6.45) is 0.921. The number of hydrogen-bond donors (Lipinski definition) is 1. The molecule has 0 atom stereocenters. The number of aliphatic imine (C=N–C) groups is 1. The molecule has 3 rings (SSSR count). The summed E-state index contributed by atoms with van der Waals surface area (Å²) in [5, 5.41) is 18.0. The minimum Gasteiger partial charge on any atom is -0.261 e. The Balaban J connectivity index is 1.61. The predicted octanol–water partition coefficient (Wildman–Crippen LogP) is 3.30. The Bertz CT molecular complexity index is 757. The fourth-order valence-electron chi connectivity index (χ4n) is 2.07. The standard InChI is InChI=1S/C15H14N4O2S2/c20-19(21)12-4-1-3-11(9-12)14-10-23-15(18-17-14)16-7-6-13-5-2-8-22-13/h1-5,8-9H,6-7,10H2,(H,16,18). The Hall–Kier alpha value is -2.19. The second kappa shape index (κ2) is 7.38. The lowest BCUT2D eigenvalue weighted by atomic mass is 10.1. The van der Waals surface area contributed by atoms with Crippen LogP contribution in [0, 0.1) is 10.1 Å². The molecular formula is C15H14N4O2S2. The molecular weight excluding hydrogens is 332 g/mol. The van der Waals surface area contributed by atoms with E-state index in [4.69, 9.17) is 0 Å². The van der Waals surface area contributed by atoms with Crippen LogP contribution in [0.4, 0.5) is 5.69 Å². The first-order chi connectivity index (χ1) is 11.2. The SMILES string of the molecule is O=[N+]([O-])c1cccc(C2=NNC(=NCCc3cccs3)SC2)c1. The number of nitro benzene ring substituents is 1. The van der Waals surface area contributed by atoms with Gasteiger partial charge in [-0.25, -0.2) is 0 Å². The Morgan fingerprint density at radius 2 is 2.26 bits per heavy atom. The first kappa shape index (κ1) is 15.7. The van der Waals surface area contributed by atoms with E-state index in [2.05, 4.69) is 27.0 Å². The number of rotatable bonds is 5. The largest absolute Gasteiger partial charge is 0.270 e. The number of hydrogen-bond acceptors (Lipinski definition) is 6. The molecule has 1 aliphatic heterocycles. The van der Waals surface area contributed by atoms with Gasteiger partial charge in [0.2, 0.25) is 0 Å². The molecule has 1 aliphatic rings. The molecule has 118 valence electrons. The van der Waals surface area contributed by atoms with Crippen molar-refractivity contribution in [3.05, 3.63) is 62.3 Å². The molecule has 1 aromatic heterocycles. The van der Waals surface area contributed by atoms with Crippen LogP contribution in [0.25, 0.3) is 0 Å². The Morgan fingerprint density at radius 3 is 2.96 bits per heavy atom. The van der Waals surface area contributed by atoms with Gasteiger partial charge in [0, 0.05) is 41.3 Å². The maximum absolute atomic E-state index is 10.8. The van der Waals surface area contributed by atoms with Gasteiger partial charge in [0.1, 0.15) is 0 Å². The number of nitro groups is 1. The van der Waals surface area contributed by atoms with Gasteiger partial charge in [-0.1, -0.05) is 30.0 Å². The zero-order chi connectivity index (χ0) is 16.1. The Morgan fingerprint density at radius 1 is 1.35 bits per heavy atom. The number of hydrazone groups is 1. The average molecular weight is 346 g/mol. The molecule has 0 spiro atoms. The van der Waals surface area contributed by atoms with Crippen molar-refractivity contribution in [3.63, 3.8) is 0 Å². The molecule has 0 saturated carbocycles. The van der Waals surface area contributed by atoms with Crippen LogP contribution in [-0.2, 0) is 6.42 Å². The third-order valence-corrected chi connectivity index (χ3v) is 5.06. The average Bonchev–Trinajstić information content (AvgIpc) is 3.09. The van der Waals surface area contributed by atoms with Crippen LogP contribution >= 0.6 is 23.1 Å². The molecule has 0 saturated heterocycles. The van der Waals surface area contributed by atoms with E-state index in [-0.39, 0.29) is 5.69 Å². The minimum atomic E-state index is -0.398. The Labute approximate surface area is 141 Å². The fourth-order valence-corrected chi connectivity index (χ4v) is 3.56. The van der Waals surface area contributed by atoms with Crippen LogP contribution in [0.3, 0.4) is 0 Å². The second-order valence-corrected chi connectivity index (χ2v) is 6.78. The zero-order valence-corrected chi connectivity index (χ0v) is 13.8. The first-order valence-corrected chi connectivity index (χ1v) is 8.86. The van der Waals surface area contributed by atoms with Crippen molar-refractivity contribution in [1.29, 1.82) is 0 Å². The van der Waals surface area contributed by atoms with Crippen LogP contribution in [-0.4, -0.2) is 28.1 Å². The fraction of sp³-hybridized carbons (Fsp3) is 0.200. The van der Waals surface area contributed by atoms with Crippen molar-refractivity contribution in [2.75, 3.05) is 12.3 Å². The highest BCUT2D eigenvalue weighted by atomic mass is 32.2. The number of thiophene rings is 1. The third kappa shape index (κ3) is 4.17. The molecule has 0 aliphatic carbocycles. The number of non-ortho nitro benzene ring substituents is 1. The van der Waals surface area contributed by atoms with Crippen LogP contribution in [0.2, 0.25) is 0 Å². The molecule has 1 aromatic carbocycles. The van der Waals surface area contributed by atoms with Crippen LogP contribution in [0.1, 0.15) is 10.4 Å². The van der Waals surface area contributed by atoms with Crippen LogP contribution in [0.5, 0.6) is 0 Å². The summed E-state index contributed by atoms with van der Waals surface area (Å²) in [5.74, 6) is 0.645. The van der Waals surface area contributed by atoms with Crippen LogP contribution in [0.15, 0.2) is 51.9 Å². The van der Waals surface area contributed by atoms with E-state index in [9.17, 15) is 10.1 Å². The lowest BCUT2D eigenvalue weighted by Crippen LogP contribution is -2.25. The maximum atomic E-state index is 10.8. The van der Waals surface area contributed by atoms with Gasteiger partial charge >= 0.3 is 0 Å². The molecule has 23 heavy (non-hydrogen) atoms. The number of amidine groups is 1. The highest BCUT2D eigenvalue weighted by Gasteiger charge is 2.15. The summed E-state index contributed by atoms with van der Waals surface area (Å²) < 4.78 is 0. The molecule has 0 fully saturated rings. The molecule has 6 nitrogen and oxygen atoms in total. The molecule has 2 aromatic rings. The number of benzene rings is 1. The molecule has 8 heteroatoms. The van der Waals surface area contributed by atoms with Gasteiger partial charge < -0.3 is 0 Å². The maximum Gasteiger partial charge on any atom is 0.270 e. The van der Waals surface area contributed by atoms with Gasteiger partial charge in [-0.05, 0) is 11.4 Å². The zero-order valence-electron chi connectivity index (χ0n) is 12.1. The second-order valence-electron chi connectivity index (χ2n) is 4.78. The summed E-state index contributed by atoms with van der Waals surface area (Å²) in [4.78, 5) is 16.2. The first-order valence-electron chi connectivity index (χ1n) is 6.99. The van der Waals surface area contributed by atoms with Gasteiger partial charge in [-0.15, -0.1) is 11.3 Å². The molecule has 0 bridgehead atoms. The summed E-state index contributed by atoms with van der Waals surface area (Å²) in [5.41, 5.74) is 4.55. The Kier molecular flexibility index (Phi) is 5.04. The van der Waals surface area contributed by atoms with Gasteiger partial charge in [-0.2, -0.15) is 5.10 Å². The summed E-state index contributed by atoms with van der Waals surface area (Å²) in [7, 11) is 0. The molecule has 1 N–H and O–H groups in total. The summed E-state index contributed by atoms with van der Waals surface area (Å²) in [6, 6.07) is 10.7. The van der Waals surface area contributed by atoms with E-state index in [1.54, 1.807) is 35.2 Å². The van der Waals surface area contributed by atoms with Gasteiger partial charge in [0.05, 0.1) is 10.6 Å². The van der Waals surface area contributed by atoms with Gasteiger partial charge in [-0.3, -0.25) is 20.5 Å². The number of thioether (sulfide) groups is 1. The van der Waals surface area contributed by atoms with E-state index in [0.717, 1.165) is 29.4 Å². The normalized spacial score (nSPS) is 16.0. The monoisotopic (exact) mass is 346 g/mol. The van der Waals surface area contributed by atoms with Crippen molar-refractivity contribution in [2.45, 2.75) is 6.42 Å². The van der Waals surface area contributed by atoms with Gasteiger partial charge in [0.15, 0.2) is 5.17 Å². The molecule has 0 unspecified atom stereocenters. The molecule has 0 amide bonds. The lowest BCUT2D eigenvalue weighted by Gasteiger charge is -2.14. The predicted molar refractivity (Wildman–Crippen MR) is 95.6 cm³/mol. The van der Waals surface area contributed by atoms with Crippen molar-refractivity contribution in [1.82, 2.24) is 5.43 Å². The van der Waals surface area contributed by atoms with Gasteiger partial charge in [0.25, 0.3) is 5.69 Å². The summed E-state index contributed by atoms with van der Waals surface area (Å²) in [6.45, 7) is 0.720. The van der Waals surface area contributed by atoms with Crippen molar-refractivity contribution >= 4 is 39.7 Å². The van der Waals surface area contributed by atoms with Crippen molar-refractivity contribution in [3.8, 4) is 0 Å².